The Morgan fingerprint density at radius 3 is 3.00 bits per heavy atom. The minimum atomic E-state index is 0.0345. The van der Waals surface area contributed by atoms with Crippen molar-refractivity contribution in [2.75, 3.05) is 36.1 Å². The lowest BCUT2D eigenvalue weighted by Gasteiger charge is -2.22. The maximum atomic E-state index is 12.0. The maximum Gasteiger partial charge on any atom is 0.238 e. The van der Waals surface area contributed by atoms with E-state index in [0.717, 1.165) is 22.7 Å². The molecule has 0 radical (unpaired) electrons. The van der Waals surface area contributed by atoms with Crippen LogP contribution in [-0.2, 0) is 4.79 Å². The van der Waals surface area contributed by atoms with Crippen molar-refractivity contribution in [3.8, 4) is 0 Å². The molecule has 2 rings (SSSR count). The summed E-state index contributed by atoms with van der Waals surface area (Å²) in [5, 5.41) is 2.95. The Morgan fingerprint density at radius 2 is 2.37 bits per heavy atom. The summed E-state index contributed by atoms with van der Waals surface area (Å²) < 4.78 is 0. The second-order valence-corrected chi connectivity index (χ2v) is 6.20. The molecule has 1 heterocycles. The SMILES string of the molecule is Cc1cc(N)ccc1NC(=O)CN(C)C1CCSC1. The van der Waals surface area contributed by atoms with E-state index in [9.17, 15) is 4.79 Å². The van der Waals surface area contributed by atoms with Gasteiger partial charge in [-0.25, -0.2) is 0 Å². The van der Waals surface area contributed by atoms with Crippen molar-refractivity contribution in [3.05, 3.63) is 23.8 Å². The van der Waals surface area contributed by atoms with Crippen molar-refractivity contribution in [2.45, 2.75) is 19.4 Å². The van der Waals surface area contributed by atoms with E-state index in [1.54, 1.807) is 6.07 Å². The summed E-state index contributed by atoms with van der Waals surface area (Å²) in [6, 6.07) is 6.06. The predicted octanol–water partition coefficient (Wildman–Crippen LogP) is 1.95. The van der Waals surface area contributed by atoms with Crippen LogP contribution in [0.4, 0.5) is 11.4 Å². The zero-order valence-electron chi connectivity index (χ0n) is 11.5. The standard InChI is InChI=1S/C14H21N3OS/c1-10-7-11(15)3-4-13(10)16-14(18)8-17(2)12-5-6-19-9-12/h3-4,7,12H,5-6,8-9,15H2,1-2H3,(H,16,18). The van der Waals surface area contributed by atoms with Gasteiger partial charge in [-0.05, 0) is 49.9 Å². The van der Waals surface area contributed by atoms with Gasteiger partial charge in [-0.15, -0.1) is 0 Å². The van der Waals surface area contributed by atoms with Crippen LogP contribution in [0.3, 0.4) is 0 Å². The van der Waals surface area contributed by atoms with Crippen molar-refractivity contribution < 1.29 is 4.79 Å². The minimum absolute atomic E-state index is 0.0345. The second-order valence-electron chi connectivity index (χ2n) is 5.06. The number of carbonyl (C=O) groups excluding carboxylic acids is 1. The van der Waals surface area contributed by atoms with Crippen molar-refractivity contribution in [2.24, 2.45) is 0 Å². The fourth-order valence-electron chi connectivity index (χ4n) is 2.24. The van der Waals surface area contributed by atoms with E-state index in [1.807, 2.05) is 37.9 Å². The molecule has 1 unspecified atom stereocenters. The van der Waals surface area contributed by atoms with Crippen LogP contribution in [0, 0.1) is 6.92 Å². The van der Waals surface area contributed by atoms with Gasteiger partial charge >= 0.3 is 0 Å². The van der Waals surface area contributed by atoms with Crippen molar-refractivity contribution in [1.82, 2.24) is 4.90 Å². The fraction of sp³-hybridized carbons (Fsp3) is 0.500. The third kappa shape index (κ3) is 3.88. The van der Waals surface area contributed by atoms with Crippen LogP contribution >= 0.6 is 11.8 Å². The molecule has 0 spiro atoms. The lowest BCUT2D eigenvalue weighted by atomic mass is 10.2. The molecule has 19 heavy (non-hydrogen) atoms. The smallest absolute Gasteiger partial charge is 0.238 e. The van der Waals surface area contributed by atoms with E-state index in [-0.39, 0.29) is 5.91 Å². The number of nitrogens with one attached hydrogen (secondary N) is 1. The zero-order chi connectivity index (χ0) is 13.8. The summed E-state index contributed by atoms with van der Waals surface area (Å²) in [5.41, 5.74) is 8.25. The summed E-state index contributed by atoms with van der Waals surface area (Å²) in [6.07, 6.45) is 1.18. The number of nitrogens with two attached hydrogens (primary N) is 1. The van der Waals surface area contributed by atoms with E-state index in [1.165, 1.54) is 12.2 Å². The number of amides is 1. The molecule has 0 saturated carbocycles. The number of hydrogen-bond donors (Lipinski definition) is 2. The highest BCUT2D eigenvalue weighted by molar-refractivity contribution is 7.99. The molecule has 1 aromatic carbocycles. The predicted molar refractivity (Wildman–Crippen MR) is 82.6 cm³/mol. The van der Waals surface area contributed by atoms with Gasteiger partial charge in [0.1, 0.15) is 0 Å². The molecule has 1 atom stereocenters. The number of nitrogen functional groups attached to an aromatic ring is 1. The monoisotopic (exact) mass is 279 g/mol. The molecule has 1 fully saturated rings. The Kier molecular flexibility index (Phi) is 4.71. The van der Waals surface area contributed by atoms with Gasteiger partial charge in [0.15, 0.2) is 0 Å². The average Bonchev–Trinajstić information content (AvgIpc) is 2.86. The lowest BCUT2D eigenvalue weighted by molar-refractivity contribution is -0.117. The quantitative estimate of drug-likeness (QED) is 0.827. The summed E-state index contributed by atoms with van der Waals surface area (Å²) >= 11 is 1.96. The van der Waals surface area contributed by atoms with Gasteiger partial charge < -0.3 is 11.1 Å². The number of carbonyl (C=O) groups is 1. The summed E-state index contributed by atoms with van der Waals surface area (Å²) in [5.74, 6) is 2.37. The molecular formula is C14H21N3OS. The Labute approximate surface area is 118 Å². The van der Waals surface area contributed by atoms with Gasteiger partial charge in [-0.2, -0.15) is 11.8 Å². The van der Waals surface area contributed by atoms with Crippen LogP contribution < -0.4 is 11.1 Å². The molecule has 1 aliphatic heterocycles. The Hall–Kier alpha value is -1.20. The van der Waals surface area contributed by atoms with Crippen LogP contribution in [-0.4, -0.2) is 41.9 Å². The van der Waals surface area contributed by atoms with Crippen LogP contribution in [0.25, 0.3) is 0 Å². The Bertz CT molecular complexity index is 458. The fourth-order valence-corrected chi connectivity index (χ4v) is 3.54. The summed E-state index contributed by atoms with van der Waals surface area (Å²) in [4.78, 5) is 14.2. The number of likely N-dealkylation sites (N-methyl/N-ethyl adjacent to an activating group) is 1. The maximum absolute atomic E-state index is 12.0. The molecule has 1 aromatic rings. The van der Waals surface area contributed by atoms with Gasteiger partial charge in [0.25, 0.3) is 0 Å². The zero-order valence-corrected chi connectivity index (χ0v) is 12.3. The first kappa shape index (κ1) is 14.2. The lowest BCUT2D eigenvalue weighted by Crippen LogP contribution is -2.38. The van der Waals surface area contributed by atoms with Gasteiger partial charge in [-0.1, -0.05) is 0 Å². The summed E-state index contributed by atoms with van der Waals surface area (Å²) in [6.45, 7) is 2.39. The topological polar surface area (TPSA) is 58.4 Å². The van der Waals surface area contributed by atoms with Gasteiger partial charge in [0.2, 0.25) is 5.91 Å². The molecule has 1 aliphatic rings. The Balaban J connectivity index is 1.89. The first-order valence-corrected chi connectivity index (χ1v) is 7.65. The average molecular weight is 279 g/mol. The number of aryl methyl sites for hydroxylation is 1. The minimum Gasteiger partial charge on any atom is -0.399 e. The van der Waals surface area contributed by atoms with Crippen molar-refractivity contribution in [3.63, 3.8) is 0 Å². The number of thioether (sulfide) groups is 1. The second kappa shape index (κ2) is 6.30. The van der Waals surface area contributed by atoms with E-state index in [2.05, 4.69) is 10.2 Å². The molecule has 5 heteroatoms. The molecule has 104 valence electrons. The number of benzene rings is 1. The van der Waals surface area contributed by atoms with Gasteiger partial charge in [0, 0.05) is 23.2 Å². The molecular weight excluding hydrogens is 258 g/mol. The number of nitrogens with zero attached hydrogens (tertiary/aromatic N) is 1. The highest BCUT2D eigenvalue weighted by Gasteiger charge is 2.21. The molecule has 0 aliphatic carbocycles. The highest BCUT2D eigenvalue weighted by atomic mass is 32.2. The van der Waals surface area contributed by atoms with Crippen molar-refractivity contribution >= 4 is 29.0 Å². The molecule has 0 aromatic heterocycles. The number of rotatable bonds is 4. The number of anilines is 2. The van der Waals surface area contributed by atoms with Crippen LogP contribution in [0.2, 0.25) is 0 Å². The number of hydrogen-bond acceptors (Lipinski definition) is 4. The third-order valence-corrected chi connectivity index (χ3v) is 4.59. The normalized spacial score (nSPS) is 18.8. The molecule has 1 saturated heterocycles. The molecule has 1 amide bonds. The molecule has 0 bridgehead atoms. The third-order valence-electron chi connectivity index (χ3n) is 3.45. The first-order chi connectivity index (χ1) is 9.06. The van der Waals surface area contributed by atoms with Crippen LogP contribution in [0.1, 0.15) is 12.0 Å². The van der Waals surface area contributed by atoms with Crippen LogP contribution in [0.15, 0.2) is 18.2 Å². The Morgan fingerprint density at radius 1 is 1.58 bits per heavy atom. The van der Waals surface area contributed by atoms with Crippen LogP contribution in [0.5, 0.6) is 0 Å². The van der Waals surface area contributed by atoms with E-state index < -0.39 is 0 Å². The first-order valence-electron chi connectivity index (χ1n) is 6.50. The largest absolute Gasteiger partial charge is 0.399 e. The van der Waals surface area contributed by atoms with Gasteiger partial charge in [-0.3, -0.25) is 9.69 Å². The van der Waals surface area contributed by atoms with E-state index in [4.69, 9.17) is 5.73 Å². The van der Waals surface area contributed by atoms with E-state index >= 15 is 0 Å². The molecule has 4 nitrogen and oxygen atoms in total. The highest BCUT2D eigenvalue weighted by Crippen LogP contribution is 2.21. The molecule has 3 N–H and O–H groups in total. The van der Waals surface area contributed by atoms with E-state index in [0.29, 0.717) is 12.6 Å². The summed E-state index contributed by atoms with van der Waals surface area (Å²) in [7, 11) is 2.02. The van der Waals surface area contributed by atoms with Crippen molar-refractivity contribution in [1.29, 1.82) is 0 Å². The van der Waals surface area contributed by atoms with Gasteiger partial charge in [0.05, 0.1) is 6.54 Å².